The lowest BCUT2D eigenvalue weighted by Crippen LogP contribution is -2.44. The lowest BCUT2D eigenvalue weighted by atomic mass is 9.88. The number of esters is 1. The van der Waals surface area contributed by atoms with Gasteiger partial charge in [0.15, 0.2) is 0 Å². The summed E-state index contributed by atoms with van der Waals surface area (Å²) in [6.07, 6.45) is 7.56. The third-order valence-corrected chi connectivity index (χ3v) is 4.10. The molecule has 4 heteroatoms. The summed E-state index contributed by atoms with van der Waals surface area (Å²) in [6.45, 7) is 4.97. The Morgan fingerprint density at radius 3 is 2.63 bits per heavy atom. The SMILES string of the molecule is CCOC(=O)C(COC1CCCCC1C)NC1CC1. The van der Waals surface area contributed by atoms with Crippen molar-refractivity contribution in [3.63, 3.8) is 0 Å². The van der Waals surface area contributed by atoms with Crippen LogP contribution < -0.4 is 5.32 Å². The highest BCUT2D eigenvalue weighted by Crippen LogP contribution is 2.26. The second-order valence-corrected chi connectivity index (χ2v) is 5.88. The molecule has 2 saturated carbocycles. The molecule has 2 rings (SSSR count). The van der Waals surface area contributed by atoms with E-state index in [0.717, 1.165) is 19.3 Å². The van der Waals surface area contributed by atoms with Crippen LogP contribution in [0, 0.1) is 5.92 Å². The average molecular weight is 269 g/mol. The predicted molar refractivity (Wildman–Crippen MR) is 74.0 cm³/mol. The molecular formula is C15H27NO3. The third-order valence-electron chi connectivity index (χ3n) is 4.10. The van der Waals surface area contributed by atoms with Crippen LogP contribution in [0.3, 0.4) is 0 Å². The smallest absolute Gasteiger partial charge is 0.325 e. The van der Waals surface area contributed by atoms with E-state index < -0.39 is 0 Å². The van der Waals surface area contributed by atoms with E-state index in [-0.39, 0.29) is 12.0 Å². The molecule has 2 aliphatic rings. The minimum absolute atomic E-state index is 0.169. The molecule has 0 heterocycles. The molecule has 0 amide bonds. The quantitative estimate of drug-likeness (QED) is 0.720. The van der Waals surface area contributed by atoms with Crippen molar-refractivity contribution in [3.8, 4) is 0 Å². The Bertz CT molecular complexity index is 291. The van der Waals surface area contributed by atoms with E-state index >= 15 is 0 Å². The highest BCUT2D eigenvalue weighted by molar-refractivity contribution is 5.76. The second-order valence-electron chi connectivity index (χ2n) is 5.88. The Kier molecular flexibility index (Phi) is 5.64. The molecule has 110 valence electrons. The van der Waals surface area contributed by atoms with Gasteiger partial charge < -0.3 is 9.47 Å². The largest absolute Gasteiger partial charge is 0.465 e. The molecule has 1 N–H and O–H groups in total. The van der Waals surface area contributed by atoms with E-state index in [2.05, 4.69) is 12.2 Å². The maximum Gasteiger partial charge on any atom is 0.325 e. The first-order chi connectivity index (χ1) is 9.20. The van der Waals surface area contributed by atoms with Crippen molar-refractivity contribution < 1.29 is 14.3 Å². The van der Waals surface area contributed by atoms with E-state index in [1.165, 1.54) is 19.3 Å². The minimum Gasteiger partial charge on any atom is -0.465 e. The number of carbonyl (C=O) groups excluding carboxylic acids is 1. The average Bonchev–Trinajstić information content (AvgIpc) is 3.20. The van der Waals surface area contributed by atoms with Gasteiger partial charge in [-0.1, -0.05) is 19.8 Å². The first kappa shape index (κ1) is 14.8. The number of hydrogen-bond acceptors (Lipinski definition) is 4. The zero-order valence-electron chi connectivity index (χ0n) is 12.2. The van der Waals surface area contributed by atoms with Crippen LogP contribution in [0.15, 0.2) is 0 Å². The van der Waals surface area contributed by atoms with Crippen molar-refractivity contribution in [1.29, 1.82) is 0 Å². The van der Waals surface area contributed by atoms with E-state index in [9.17, 15) is 4.79 Å². The predicted octanol–water partition coefficient (Wildman–Crippen LogP) is 2.27. The Balaban J connectivity index is 1.78. The summed E-state index contributed by atoms with van der Waals surface area (Å²) in [4.78, 5) is 11.9. The van der Waals surface area contributed by atoms with Crippen LogP contribution in [-0.2, 0) is 14.3 Å². The normalized spacial score (nSPS) is 28.9. The third kappa shape index (κ3) is 4.77. The molecule has 0 aromatic carbocycles. The van der Waals surface area contributed by atoms with Gasteiger partial charge in [-0.3, -0.25) is 10.1 Å². The number of carbonyl (C=O) groups is 1. The van der Waals surface area contributed by atoms with Crippen LogP contribution in [0.2, 0.25) is 0 Å². The summed E-state index contributed by atoms with van der Waals surface area (Å²) in [5.74, 6) is 0.440. The van der Waals surface area contributed by atoms with Gasteiger partial charge in [0.05, 0.1) is 19.3 Å². The van der Waals surface area contributed by atoms with E-state index in [4.69, 9.17) is 9.47 Å². The Hall–Kier alpha value is -0.610. The van der Waals surface area contributed by atoms with Crippen molar-refractivity contribution in [1.82, 2.24) is 5.32 Å². The molecule has 4 nitrogen and oxygen atoms in total. The van der Waals surface area contributed by atoms with Gasteiger partial charge in [0.2, 0.25) is 0 Å². The van der Waals surface area contributed by atoms with Gasteiger partial charge in [-0.15, -0.1) is 0 Å². The second kappa shape index (κ2) is 7.25. The van der Waals surface area contributed by atoms with Crippen LogP contribution >= 0.6 is 0 Å². The maximum absolute atomic E-state index is 11.9. The van der Waals surface area contributed by atoms with Crippen LogP contribution in [-0.4, -0.2) is 37.4 Å². The van der Waals surface area contributed by atoms with Crippen LogP contribution in [0.1, 0.15) is 52.4 Å². The fraction of sp³-hybridized carbons (Fsp3) is 0.933. The van der Waals surface area contributed by atoms with Gasteiger partial charge in [-0.2, -0.15) is 0 Å². The fourth-order valence-electron chi connectivity index (χ4n) is 2.71. The molecule has 0 spiro atoms. The maximum atomic E-state index is 11.9. The molecular weight excluding hydrogens is 242 g/mol. The molecule has 3 unspecified atom stereocenters. The fourth-order valence-corrected chi connectivity index (χ4v) is 2.71. The molecule has 0 saturated heterocycles. The highest BCUT2D eigenvalue weighted by Gasteiger charge is 2.31. The zero-order valence-corrected chi connectivity index (χ0v) is 12.2. The summed E-state index contributed by atoms with van der Waals surface area (Å²) in [5, 5.41) is 3.33. The molecule has 2 aliphatic carbocycles. The van der Waals surface area contributed by atoms with Gasteiger partial charge in [-0.05, 0) is 38.5 Å². The van der Waals surface area contributed by atoms with E-state index in [1.54, 1.807) is 0 Å². The summed E-state index contributed by atoms with van der Waals surface area (Å²) in [7, 11) is 0. The van der Waals surface area contributed by atoms with Crippen molar-refractivity contribution in [2.45, 2.75) is 70.6 Å². The summed E-state index contributed by atoms with van der Waals surface area (Å²) >= 11 is 0. The summed E-state index contributed by atoms with van der Waals surface area (Å²) < 4.78 is 11.1. The van der Waals surface area contributed by atoms with Crippen molar-refractivity contribution >= 4 is 5.97 Å². The standard InChI is InChI=1S/C15H27NO3/c1-3-18-15(17)13(16-12-8-9-12)10-19-14-7-5-4-6-11(14)2/h11-14,16H,3-10H2,1-2H3. The lowest BCUT2D eigenvalue weighted by Gasteiger charge is -2.30. The molecule has 0 bridgehead atoms. The molecule has 0 aliphatic heterocycles. The van der Waals surface area contributed by atoms with Gasteiger partial charge in [-0.25, -0.2) is 0 Å². The first-order valence-corrected chi connectivity index (χ1v) is 7.75. The van der Waals surface area contributed by atoms with Crippen LogP contribution in [0.4, 0.5) is 0 Å². The van der Waals surface area contributed by atoms with Gasteiger partial charge in [0.25, 0.3) is 0 Å². The van der Waals surface area contributed by atoms with Crippen LogP contribution in [0.5, 0.6) is 0 Å². The number of rotatable bonds is 7. The number of hydrogen-bond donors (Lipinski definition) is 1. The monoisotopic (exact) mass is 269 g/mol. The minimum atomic E-state index is -0.290. The Morgan fingerprint density at radius 1 is 1.26 bits per heavy atom. The Morgan fingerprint density at radius 2 is 2.00 bits per heavy atom. The van der Waals surface area contributed by atoms with E-state index in [1.807, 2.05) is 6.92 Å². The zero-order chi connectivity index (χ0) is 13.7. The number of nitrogens with one attached hydrogen (secondary N) is 1. The van der Waals surface area contributed by atoms with Crippen molar-refractivity contribution in [2.75, 3.05) is 13.2 Å². The molecule has 0 aromatic heterocycles. The van der Waals surface area contributed by atoms with Gasteiger partial charge in [0, 0.05) is 6.04 Å². The highest BCUT2D eigenvalue weighted by atomic mass is 16.5. The molecule has 0 aromatic rings. The van der Waals surface area contributed by atoms with E-state index in [0.29, 0.717) is 31.3 Å². The topological polar surface area (TPSA) is 47.6 Å². The molecule has 19 heavy (non-hydrogen) atoms. The van der Waals surface area contributed by atoms with Gasteiger partial charge in [0.1, 0.15) is 6.04 Å². The van der Waals surface area contributed by atoms with Crippen molar-refractivity contribution in [3.05, 3.63) is 0 Å². The number of ether oxygens (including phenoxy) is 2. The first-order valence-electron chi connectivity index (χ1n) is 7.75. The van der Waals surface area contributed by atoms with Crippen LogP contribution in [0.25, 0.3) is 0 Å². The van der Waals surface area contributed by atoms with Crippen molar-refractivity contribution in [2.24, 2.45) is 5.92 Å². The van der Waals surface area contributed by atoms with Gasteiger partial charge >= 0.3 is 5.97 Å². The lowest BCUT2D eigenvalue weighted by molar-refractivity contribution is -0.148. The molecule has 2 fully saturated rings. The Labute approximate surface area is 116 Å². The molecule has 3 atom stereocenters. The summed E-state index contributed by atoms with van der Waals surface area (Å²) in [5.41, 5.74) is 0. The summed E-state index contributed by atoms with van der Waals surface area (Å²) in [6, 6.07) is 0.198. The molecule has 0 radical (unpaired) electrons.